The molecule has 5 heteroatoms. The highest BCUT2D eigenvalue weighted by molar-refractivity contribution is 5.98. The molecular formula is C12H10F3NO. The predicted octanol–water partition coefficient (Wildman–Crippen LogP) is 3.23. The van der Waals surface area contributed by atoms with Crippen LogP contribution in [0.5, 0.6) is 0 Å². The molecule has 1 rings (SSSR count). The normalized spacial score (nSPS) is 11.9. The number of hydrogen-bond acceptors (Lipinski definition) is 2. The molecule has 2 nitrogen and oxygen atoms in total. The molecule has 0 aliphatic rings. The summed E-state index contributed by atoms with van der Waals surface area (Å²) < 4.78 is 38.9. The summed E-state index contributed by atoms with van der Waals surface area (Å²) in [5, 5.41) is 8.50. The van der Waals surface area contributed by atoms with Gasteiger partial charge in [0.05, 0.1) is 11.6 Å². The van der Waals surface area contributed by atoms with E-state index in [9.17, 15) is 18.0 Å². The van der Waals surface area contributed by atoms with E-state index in [-0.39, 0.29) is 6.42 Å². The van der Waals surface area contributed by atoms with Gasteiger partial charge in [0.2, 0.25) is 0 Å². The number of Topliss-reactive ketones (excluding diaryl/α,β-unsaturated/α-hetero) is 1. The average molecular weight is 241 g/mol. The Morgan fingerprint density at radius 1 is 1.29 bits per heavy atom. The minimum atomic E-state index is -1.34. The first-order valence-electron chi connectivity index (χ1n) is 5.07. The van der Waals surface area contributed by atoms with Gasteiger partial charge in [0.15, 0.2) is 17.4 Å². The molecule has 1 atom stereocenters. The zero-order chi connectivity index (χ0) is 13.0. The van der Waals surface area contributed by atoms with Gasteiger partial charge in [-0.05, 0) is 12.5 Å². The van der Waals surface area contributed by atoms with Crippen LogP contribution in [0.15, 0.2) is 12.1 Å². The lowest BCUT2D eigenvalue weighted by Gasteiger charge is -2.10. The Bertz CT molecular complexity index is 479. The molecule has 0 aliphatic carbocycles. The maximum Gasteiger partial charge on any atom is 0.170 e. The molecule has 0 aliphatic heterocycles. The van der Waals surface area contributed by atoms with Crippen molar-refractivity contribution in [3.05, 3.63) is 35.1 Å². The molecular weight excluding hydrogens is 231 g/mol. The summed E-state index contributed by atoms with van der Waals surface area (Å²) in [4.78, 5) is 11.8. The van der Waals surface area contributed by atoms with Gasteiger partial charge in [-0.1, -0.05) is 6.92 Å². The molecule has 0 saturated carbocycles. The van der Waals surface area contributed by atoms with Gasteiger partial charge < -0.3 is 0 Å². The minimum Gasteiger partial charge on any atom is -0.294 e. The van der Waals surface area contributed by atoms with Crippen molar-refractivity contribution < 1.29 is 18.0 Å². The van der Waals surface area contributed by atoms with Crippen LogP contribution >= 0.6 is 0 Å². The fraction of sp³-hybridized carbons (Fsp3) is 0.333. The van der Waals surface area contributed by atoms with Crippen LogP contribution in [0.4, 0.5) is 13.2 Å². The second kappa shape index (κ2) is 5.48. The zero-order valence-electron chi connectivity index (χ0n) is 9.14. The summed E-state index contributed by atoms with van der Waals surface area (Å²) in [6.45, 7) is 1.66. The molecule has 1 aromatic carbocycles. The van der Waals surface area contributed by atoms with Crippen LogP contribution in [0.2, 0.25) is 0 Å². The number of nitrogens with zero attached hydrogens (tertiary/aromatic N) is 1. The summed E-state index contributed by atoms with van der Waals surface area (Å²) in [5.74, 6) is -5.09. The fourth-order valence-corrected chi connectivity index (χ4v) is 1.46. The number of benzene rings is 1. The molecule has 0 bridgehead atoms. The third-order valence-electron chi connectivity index (χ3n) is 2.48. The van der Waals surface area contributed by atoms with E-state index in [1.807, 2.05) is 0 Å². The largest absolute Gasteiger partial charge is 0.294 e. The minimum absolute atomic E-state index is 0.0756. The molecule has 0 aromatic heterocycles. The standard InChI is InChI=1S/C12H10F3NO/c1-2-7(3-4-16)12(17)8-5-10(14)11(15)6-9(8)13/h5-7H,2-3H2,1H3. The molecule has 0 saturated heterocycles. The molecule has 17 heavy (non-hydrogen) atoms. The van der Waals surface area contributed by atoms with E-state index in [0.29, 0.717) is 18.6 Å². The molecule has 0 heterocycles. The second-order valence-corrected chi connectivity index (χ2v) is 3.58. The van der Waals surface area contributed by atoms with Crippen LogP contribution in [-0.4, -0.2) is 5.78 Å². The number of ketones is 1. The van der Waals surface area contributed by atoms with Crippen LogP contribution in [0, 0.1) is 34.7 Å². The number of nitriles is 1. The maximum atomic E-state index is 13.3. The highest BCUT2D eigenvalue weighted by Crippen LogP contribution is 2.20. The van der Waals surface area contributed by atoms with Crippen LogP contribution in [0.3, 0.4) is 0 Å². The quantitative estimate of drug-likeness (QED) is 0.599. The second-order valence-electron chi connectivity index (χ2n) is 3.58. The molecule has 0 N–H and O–H groups in total. The van der Waals surface area contributed by atoms with Crippen LogP contribution in [0.25, 0.3) is 0 Å². The van der Waals surface area contributed by atoms with Crippen LogP contribution in [0.1, 0.15) is 30.1 Å². The van der Waals surface area contributed by atoms with Crippen molar-refractivity contribution in [1.82, 2.24) is 0 Å². The van der Waals surface area contributed by atoms with E-state index >= 15 is 0 Å². The predicted molar refractivity (Wildman–Crippen MR) is 54.7 cm³/mol. The van der Waals surface area contributed by atoms with Crippen molar-refractivity contribution >= 4 is 5.78 Å². The first-order valence-corrected chi connectivity index (χ1v) is 5.07. The summed E-state index contributed by atoms with van der Waals surface area (Å²) in [5.41, 5.74) is -0.508. The average Bonchev–Trinajstić information content (AvgIpc) is 2.30. The van der Waals surface area contributed by atoms with Crippen molar-refractivity contribution in [2.75, 3.05) is 0 Å². The van der Waals surface area contributed by atoms with Crippen molar-refractivity contribution in [3.63, 3.8) is 0 Å². The van der Waals surface area contributed by atoms with Gasteiger partial charge in [0.25, 0.3) is 0 Å². The summed E-state index contributed by atoms with van der Waals surface area (Å²) >= 11 is 0. The van der Waals surface area contributed by atoms with Crippen LogP contribution in [-0.2, 0) is 0 Å². The highest BCUT2D eigenvalue weighted by Gasteiger charge is 2.23. The van der Waals surface area contributed by atoms with Gasteiger partial charge in [-0.2, -0.15) is 5.26 Å². The SMILES string of the molecule is CCC(CC#N)C(=O)c1cc(F)c(F)cc1F. The molecule has 1 unspecified atom stereocenters. The van der Waals surface area contributed by atoms with Crippen LogP contribution < -0.4 is 0 Å². The molecule has 0 radical (unpaired) electrons. The van der Waals surface area contributed by atoms with E-state index in [1.165, 1.54) is 0 Å². The van der Waals surface area contributed by atoms with E-state index in [0.717, 1.165) is 0 Å². The number of halogens is 3. The molecule has 0 spiro atoms. The Kier molecular flexibility index (Phi) is 4.27. The molecule has 0 fully saturated rings. The smallest absolute Gasteiger partial charge is 0.170 e. The summed E-state index contributed by atoms with van der Waals surface area (Å²) in [7, 11) is 0. The third-order valence-corrected chi connectivity index (χ3v) is 2.48. The Morgan fingerprint density at radius 2 is 1.88 bits per heavy atom. The maximum absolute atomic E-state index is 13.3. The van der Waals surface area contributed by atoms with Gasteiger partial charge in [0, 0.05) is 18.4 Å². The van der Waals surface area contributed by atoms with Crippen molar-refractivity contribution in [1.29, 1.82) is 5.26 Å². The van der Waals surface area contributed by atoms with E-state index in [1.54, 1.807) is 13.0 Å². The number of hydrogen-bond donors (Lipinski definition) is 0. The van der Waals surface area contributed by atoms with Gasteiger partial charge >= 0.3 is 0 Å². The summed E-state index contributed by atoms with van der Waals surface area (Å²) in [6, 6.07) is 2.67. The van der Waals surface area contributed by atoms with E-state index in [4.69, 9.17) is 5.26 Å². The monoisotopic (exact) mass is 241 g/mol. The topological polar surface area (TPSA) is 40.9 Å². The number of rotatable bonds is 4. The molecule has 0 amide bonds. The highest BCUT2D eigenvalue weighted by atomic mass is 19.2. The van der Waals surface area contributed by atoms with Gasteiger partial charge in [0.1, 0.15) is 5.82 Å². The fourth-order valence-electron chi connectivity index (χ4n) is 1.46. The first kappa shape index (κ1) is 13.2. The Hall–Kier alpha value is -1.83. The van der Waals surface area contributed by atoms with Crippen molar-refractivity contribution in [3.8, 4) is 6.07 Å². The van der Waals surface area contributed by atoms with Gasteiger partial charge in [-0.25, -0.2) is 13.2 Å². The molecule has 90 valence electrons. The Morgan fingerprint density at radius 3 is 2.41 bits per heavy atom. The van der Waals surface area contributed by atoms with Gasteiger partial charge in [-0.3, -0.25) is 4.79 Å². The zero-order valence-corrected chi connectivity index (χ0v) is 9.14. The van der Waals surface area contributed by atoms with Gasteiger partial charge in [-0.15, -0.1) is 0 Å². The Labute approximate surface area is 96.7 Å². The molecule has 1 aromatic rings. The number of carbonyl (C=O) groups excluding carboxylic acids is 1. The summed E-state index contributed by atoms with van der Waals surface area (Å²) in [6.07, 6.45) is 0.262. The number of carbonyl (C=O) groups is 1. The lowest BCUT2D eigenvalue weighted by atomic mass is 9.92. The van der Waals surface area contributed by atoms with Crippen molar-refractivity contribution in [2.24, 2.45) is 5.92 Å². The van der Waals surface area contributed by atoms with E-state index < -0.39 is 34.7 Å². The van der Waals surface area contributed by atoms with Crippen molar-refractivity contribution in [2.45, 2.75) is 19.8 Å². The lowest BCUT2D eigenvalue weighted by molar-refractivity contribution is 0.0914. The Balaban J connectivity index is 3.12. The lowest BCUT2D eigenvalue weighted by Crippen LogP contribution is -2.15. The van der Waals surface area contributed by atoms with E-state index in [2.05, 4.69) is 0 Å². The first-order chi connectivity index (χ1) is 8.01. The third kappa shape index (κ3) is 2.84.